The highest BCUT2D eigenvalue weighted by Crippen LogP contribution is 2.18. The van der Waals surface area contributed by atoms with Crippen LogP contribution in [0, 0.1) is 5.82 Å². The number of benzene rings is 1. The Kier molecular flexibility index (Phi) is 3.77. The van der Waals surface area contributed by atoms with Crippen molar-refractivity contribution in [1.82, 2.24) is 9.78 Å². The number of hydrogen-bond acceptors (Lipinski definition) is 2. The Morgan fingerprint density at radius 1 is 1.39 bits per heavy atom. The monoisotopic (exact) mass is 247 g/mol. The predicted molar refractivity (Wildman–Crippen MR) is 69.6 cm³/mol. The van der Waals surface area contributed by atoms with Gasteiger partial charge < -0.3 is 5.73 Å². The second-order valence-electron chi connectivity index (χ2n) is 4.44. The molecule has 0 spiro atoms. The van der Waals surface area contributed by atoms with E-state index in [0.717, 1.165) is 17.8 Å². The molecule has 2 rings (SSSR count). The fourth-order valence-electron chi connectivity index (χ4n) is 2.07. The lowest BCUT2D eigenvalue weighted by Crippen LogP contribution is -2.17. The van der Waals surface area contributed by atoms with Crippen LogP contribution in [0.3, 0.4) is 0 Å². The van der Waals surface area contributed by atoms with Crippen LogP contribution in [0.4, 0.5) is 4.39 Å². The first-order valence-electron chi connectivity index (χ1n) is 6.13. The van der Waals surface area contributed by atoms with Gasteiger partial charge in [-0.1, -0.05) is 25.1 Å². The Hall–Kier alpha value is -1.68. The van der Waals surface area contributed by atoms with Gasteiger partial charge >= 0.3 is 0 Å². The fourth-order valence-corrected chi connectivity index (χ4v) is 2.07. The molecule has 0 saturated carbocycles. The van der Waals surface area contributed by atoms with Crippen LogP contribution in [0.2, 0.25) is 0 Å². The lowest BCUT2D eigenvalue weighted by Gasteiger charge is -2.12. The minimum atomic E-state index is -0.236. The average molecular weight is 247 g/mol. The topological polar surface area (TPSA) is 43.8 Å². The first-order valence-corrected chi connectivity index (χ1v) is 6.13. The lowest BCUT2D eigenvalue weighted by atomic mass is 10.0. The van der Waals surface area contributed by atoms with Gasteiger partial charge in [-0.05, 0) is 30.5 Å². The lowest BCUT2D eigenvalue weighted by molar-refractivity contribution is 0.573. The Balaban J connectivity index is 2.19. The van der Waals surface area contributed by atoms with E-state index < -0.39 is 0 Å². The smallest absolute Gasteiger partial charge is 0.126 e. The largest absolute Gasteiger partial charge is 0.322 e. The SMILES string of the molecule is CCc1cc(C(N)Cc2ccccc2F)n(C)n1. The first kappa shape index (κ1) is 12.8. The Morgan fingerprint density at radius 3 is 2.72 bits per heavy atom. The summed E-state index contributed by atoms with van der Waals surface area (Å²) < 4.78 is 15.3. The second kappa shape index (κ2) is 5.31. The van der Waals surface area contributed by atoms with E-state index in [9.17, 15) is 4.39 Å². The summed E-state index contributed by atoms with van der Waals surface area (Å²) >= 11 is 0. The van der Waals surface area contributed by atoms with Crippen LogP contribution in [0.5, 0.6) is 0 Å². The van der Waals surface area contributed by atoms with Crippen LogP contribution in [0.25, 0.3) is 0 Å². The van der Waals surface area contributed by atoms with E-state index in [1.54, 1.807) is 16.8 Å². The van der Waals surface area contributed by atoms with Crippen LogP contribution >= 0.6 is 0 Å². The Morgan fingerprint density at radius 2 is 2.11 bits per heavy atom. The third-order valence-corrected chi connectivity index (χ3v) is 3.11. The van der Waals surface area contributed by atoms with Crippen molar-refractivity contribution in [3.63, 3.8) is 0 Å². The van der Waals surface area contributed by atoms with Crippen LogP contribution in [-0.4, -0.2) is 9.78 Å². The molecule has 2 N–H and O–H groups in total. The Bertz CT molecular complexity index is 534. The van der Waals surface area contributed by atoms with Crippen LogP contribution in [-0.2, 0) is 19.9 Å². The summed E-state index contributed by atoms with van der Waals surface area (Å²) in [6.07, 6.45) is 1.36. The number of nitrogens with zero attached hydrogens (tertiary/aromatic N) is 2. The normalized spacial score (nSPS) is 12.7. The summed E-state index contributed by atoms with van der Waals surface area (Å²) in [5.41, 5.74) is 8.73. The van der Waals surface area contributed by atoms with Gasteiger partial charge in [0.25, 0.3) is 0 Å². The standard InChI is InChI=1S/C14H18FN3/c1-3-11-9-14(18(2)17-11)13(16)8-10-6-4-5-7-12(10)15/h4-7,9,13H,3,8,16H2,1-2H3. The fraction of sp³-hybridized carbons (Fsp3) is 0.357. The molecule has 1 atom stereocenters. The summed E-state index contributed by atoms with van der Waals surface area (Å²) in [5, 5.41) is 4.36. The highest BCUT2D eigenvalue weighted by atomic mass is 19.1. The molecule has 96 valence electrons. The van der Waals surface area contributed by atoms with Crippen molar-refractivity contribution in [3.05, 3.63) is 53.1 Å². The molecule has 0 aliphatic rings. The van der Waals surface area contributed by atoms with Crippen LogP contribution in [0.1, 0.15) is 29.9 Å². The van der Waals surface area contributed by atoms with E-state index in [1.165, 1.54) is 6.07 Å². The van der Waals surface area contributed by atoms with E-state index in [0.29, 0.717) is 12.0 Å². The minimum absolute atomic E-state index is 0.203. The molecule has 3 nitrogen and oxygen atoms in total. The zero-order valence-electron chi connectivity index (χ0n) is 10.7. The summed E-state index contributed by atoms with van der Waals surface area (Å²) in [4.78, 5) is 0. The zero-order chi connectivity index (χ0) is 13.1. The van der Waals surface area contributed by atoms with Crippen molar-refractivity contribution in [1.29, 1.82) is 0 Å². The van der Waals surface area contributed by atoms with E-state index in [2.05, 4.69) is 12.0 Å². The zero-order valence-corrected chi connectivity index (χ0v) is 10.7. The molecular weight excluding hydrogens is 229 g/mol. The number of aryl methyl sites for hydroxylation is 2. The van der Waals surface area contributed by atoms with Crippen molar-refractivity contribution in [2.75, 3.05) is 0 Å². The van der Waals surface area contributed by atoms with E-state index in [-0.39, 0.29) is 11.9 Å². The van der Waals surface area contributed by atoms with Gasteiger partial charge in [0.05, 0.1) is 17.4 Å². The third-order valence-electron chi connectivity index (χ3n) is 3.11. The molecule has 0 amide bonds. The molecule has 1 unspecified atom stereocenters. The predicted octanol–water partition coefficient (Wildman–Crippen LogP) is 2.36. The van der Waals surface area contributed by atoms with Crippen LogP contribution in [0.15, 0.2) is 30.3 Å². The van der Waals surface area contributed by atoms with Gasteiger partial charge in [-0.25, -0.2) is 4.39 Å². The van der Waals surface area contributed by atoms with Crippen molar-refractivity contribution >= 4 is 0 Å². The van der Waals surface area contributed by atoms with Gasteiger partial charge in [-0.15, -0.1) is 0 Å². The van der Waals surface area contributed by atoms with Gasteiger partial charge in [0.15, 0.2) is 0 Å². The molecule has 1 heterocycles. The van der Waals surface area contributed by atoms with Gasteiger partial charge in [-0.3, -0.25) is 4.68 Å². The maximum atomic E-state index is 13.6. The third kappa shape index (κ3) is 2.59. The van der Waals surface area contributed by atoms with Crippen molar-refractivity contribution in [2.24, 2.45) is 12.8 Å². The molecule has 0 radical (unpaired) electrons. The number of halogens is 1. The molecular formula is C14H18FN3. The maximum Gasteiger partial charge on any atom is 0.126 e. The second-order valence-corrected chi connectivity index (χ2v) is 4.44. The number of hydrogen-bond donors (Lipinski definition) is 1. The highest BCUT2D eigenvalue weighted by Gasteiger charge is 2.14. The van der Waals surface area contributed by atoms with E-state index in [4.69, 9.17) is 5.73 Å². The van der Waals surface area contributed by atoms with E-state index in [1.807, 2.05) is 19.2 Å². The molecule has 18 heavy (non-hydrogen) atoms. The number of aromatic nitrogens is 2. The Labute approximate surface area is 106 Å². The van der Waals surface area contributed by atoms with Crippen LogP contribution < -0.4 is 5.73 Å². The quantitative estimate of drug-likeness (QED) is 0.901. The summed E-state index contributed by atoms with van der Waals surface area (Å²) in [6.45, 7) is 2.05. The average Bonchev–Trinajstić information content (AvgIpc) is 2.73. The maximum absolute atomic E-state index is 13.6. The van der Waals surface area contributed by atoms with Crippen molar-refractivity contribution in [2.45, 2.75) is 25.8 Å². The minimum Gasteiger partial charge on any atom is -0.322 e. The van der Waals surface area contributed by atoms with Crippen molar-refractivity contribution < 1.29 is 4.39 Å². The van der Waals surface area contributed by atoms with Gasteiger partial charge in [-0.2, -0.15) is 5.10 Å². The van der Waals surface area contributed by atoms with Gasteiger partial charge in [0, 0.05) is 7.05 Å². The molecule has 2 aromatic rings. The highest BCUT2D eigenvalue weighted by molar-refractivity contribution is 5.22. The summed E-state index contributed by atoms with van der Waals surface area (Å²) in [5.74, 6) is -0.203. The van der Waals surface area contributed by atoms with Gasteiger partial charge in [0.1, 0.15) is 5.82 Å². The first-order chi connectivity index (χ1) is 8.61. The van der Waals surface area contributed by atoms with E-state index >= 15 is 0 Å². The van der Waals surface area contributed by atoms with Crippen molar-refractivity contribution in [3.8, 4) is 0 Å². The molecule has 1 aromatic heterocycles. The summed E-state index contributed by atoms with van der Waals surface area (Å²) in [7, 11) is 1.87. The van der Waals surface area contributed by atoms with Gasteiger partial charge in [0.2, 0.25) is 0 Å². The molecule has 1 aromatic carbocycles. The number of rotatable bonds is 4. The summed E-state index contributed by atoms with van der Waals surface area (Å²) in [6, 6.07) is 8.50. The molecule has 0 saturated heterocycles. The molecule has 0 fully saturated rings. The molecule has 0 bridgehead atoms. The number of nitrogens with two attached hydrogens (primary N) is 1. The molecule has 0 aliphatic carbocycles. The molecule has 4 heteroatoms. The molecule has 0 aliphatic heterocycles.